The van der Waals surface area contributed by atoms with Crippen LogP contribution < -0.4 is 5.32 Å². The van der Waals surface area contributed by atoms with E-state index in [4.69, 9.17) is 0 Å². The molecular weight excluding hydrogens is 240 g/mol. The summed E-state index contributed by atoms with van der Waals surface area (Å²) < 4.78 is 0. The molecule has 1 fully saturated rings. The lowest BCUT2D eigenvalue weighted by Gasteiger charge is -2.21. The third-order valence-electron chi connectivity index (χ3n) is 3.39. The quantitative estimate of drug-likeness (QED) is 0.880. The summed E-state index contributed by atoms with van der Waals surface area (Å²) in [6.45, 7) is 7.80. The molecule has 0 atom stereocenters. The second-order valence-corrected chi connectivity index (χ2v) is 6.02. The first-order valence-electron chi connectivity index (χ1n) is 6.97. The molecule has 1 aromatic carbocycles. The highest BCUT2D eigenvalue weighted by Gasteiger charge is 2.11. The first kappa shape index (κ1) is 13.9. The van der Waals surface area contributed by atoms with Crippen LogP contribution >= 0.6 is 11.8 Å². The number of benzene rings is 1. The molecule has 0 aliphatic carbocycles. The van der Waals surface area contributed by atoms with Gasteiger partial charge in [0.15, 0.2) is 0 Å². The van der Waals surface area contributed by atoms with Crippen LogP contribution in [0.4, 0.5) is 0 Å². The Labute approximate surface area is 115 Å². The fourth-order valence-corrected chi connectivity index (χ4v) is 3.27. The topological polar surface area (TPSA) is 15.3 Å². The van der Waals surface area contributed by atoms with Gasteiger partial charge >= 0.3 is 0 Å². The van der Waals surface area contributed by atoms with Gasteiger partial charge in [-0.25, -0.2) is 0 Å². The summed E-state index contributed by atoms with van der Waals surface area (Å²) in [5, 5.41) is 3.43. The molecule has 18 heavy (non-hydrogen) atoms. The van der Waals surface area contributed by atoms with Crippen molar-refractivity contribution in [1.82, 2.24) is 10.2 Å². The van der Waals surface area contributed by atoms with Crippen LogP contribution in [-0.4, -0.2) is 36.0 Å². The Balaban J connectivity index is 1.98. The Hall–Kier alpha value is -0.510. The monoisotopic (exact) mass is 264 g/mol. The molecule has 0 spiro atoms. The average molecular weight is 264 g/mol. The molecule has 0 radical (unpaired) electrons. The molecule has 1 aromatic rings. The highest BCUT2D eigenvalue weighted by Crippen LogP contribution is 2.15. The third-order valence-corrected chi connectivity index (χ3v) is 4.44. The van der Waals surface area contributed by atoms with E-state index in [1.165, 1.54) is 42.1 Å². The largest absolute Gasteiger partial charge is 0.313 e. The zero-order chi connectivity index (χ0) is 12.6. The van der Waals surface area contributed by atoms with Crippen molar-refractivity contribution in [1.29, 1.82) is 0 Å². The molecule has 0 bridgehead atoms. The van der Waals surface area contributed by atoms with E-state index >= 15 is 0 Å². The van der Waals surface area contributed by atoms with E-state index in [-0.39, 0.29) is 0 Å². The summed E-state index contributed by atoms with van der Waals surface area (Å²) in [4.78, 5) is 2.60. The molecular formula is C15H24N2S. The van der Waals surface area contributed by atoms with Crippen molar-refractivity contribution in [3.05, 3.63) is 35.4 Å². The van der Waals surface area contributed by atoms with Crippen LogP contribution in [0.1, 0.15) is 24.5 Å². The molecule has 3 heteroatoms. The molecule has 0 unspecified atom stereocenters. The zero-order valence-electron chi connectivity index (χ0n) is 11.3. The molecule has 2 rings (SSSR count). The van der Waals surface area contributed by atoms with E-state index in [9.17, 15) is 0 Å². The lowest BCUT2D eigenvalue weighted by Crippen LogP contribution is -2.26. The van der Waals surface area contributed by atoms with Gasteiger partial charge in [-0.1, -0.05) is 31.2 Å². The Morgan fingerprint density at radius 1 is 1.17 bits per heavy atom. The Bertz CT molecular complexity index is 346. The predicted molar refractivity (Wildman–Crippen MR) is 81.0 cm³/mol. The van der Waals surface area contributed by atoms with Gasteiger partial charge in [0, 0.05) is 25.4 Å². The summed E-state index contributed by atoms with van der Waals surface area (Å²) in [6.07, 6.45) is 1.33. The van der Waals surface area contributed by atoms with E-state index in [0.29, 0.717) is 0 Å². The molecule has 1 N–H and O–H groups in total. The first-order valence-corrected chi connectivity index (χ1v) is 8.13. The number of rotatable bonds is 5. The molecule has 1 aliphatic heterocycles. The summed E-state index contributed by atoms with van der Waals surface area (Å²) in [5.41, 5.74) is 2.95. The van der Waals surface area contributed by atoms with Gasteiger partial charge in [0.25, 0.3) is 0 Å². The summed E-state index contributed by atoms with van der Waals surface area (Å²) in [7, 11) is 0. The fourth-order valence-electron chi connectivity index (χ4n) is 2.34. The second kappa shape index (κ2) is 7.82. The molecule has 1 heterocycles. The van der Waals surface area contributed by atoms with E-state index in [2.05, 4.69) is 53.2 Å². The van der Waals surface area contributed by atoms with Crippen molar-refractivity contribution in [2.45, 2.75) is 26.4 Å². The van der Waals surface area contributed by atoms with Crippen molar-refractivity contribution in [3.63, 3.8) is 0 Å². The Morgan fingerprint density at radius 3 is 2.83 bits per heavy atom. The maximum absolute atomic E-state index is 3.43. The third kappa shape index (κ3) is 4.30. The Kier molecular flexibility index (Phi) is 6.05. The molecule has 100 valence electrons. The standard InChI is InChI=1S/C15H24N2S/c1-2-16-12-14-6-3-4-7-15(14)13-17-8-5-10-18-11-9-17/h3-4,6-7,16H,2,5,8-13H2,1H3. The van der Waals surface area contributed by atoms with Gasteiger partial charge in [-0.15, -0.1) is 0 Å². The minimum Gasteiger partial charge on any atom is -0.313 e. The summed E-state index contributed by atoms with van der Waals surface area (Å²) >= 11 is 2.09. The van der Waals surface area contributed by atoms with E-state index in [1.54, 1.807) is 0 Å². The molecule has 1 saturated heterocycles. The number of hydrogen-bond donors (Lipinski definition) is 1. The SMILES string of the molecule is CCNCc1ccccc1CN1CCCSCC1. The maximum Gasteiger partial charge on any atom is 0.0237 e. The molecule has 2 nitrogen and oxygen atoms in total. The van der Waals surface area contributed by atoms with Crippen LogP contribution in [0.15, 0.2) is 24.3 Å². The van der Waals surface area contributed by atoms with Gasteiger partial charge in [-0.3, -0.25) is 4.90 Å². The molecule has 1 aliphatic rings. The van der Waals surface area contributed by atoms with Crippen LogP contribution in [0.2, 0.25) is 0 Å². The van der Waals surface area contributed by atoms with Crippen molar-refractivity contribution in [2.24, 2.45) is 0 Å². The number of nitrogens with one attached hydrogen (secondary N) is 1. The lowest BCUT2D eigenvalue weighted by atomic mass is 10.1. The van der Waals surface area contributed by atoms with E-state index < -0.39 is 0 Å². The van der Waals surface area contributed by atoms with Gasteiger partial charge in [0.05, 0.1) is 0 Å². The maximum atomic E-state index is 3.43. The summed E-state index contributed by atoms with van der Waals surface area (Å²) in [6, 6.07) is 8.85. The number of thioether (sulfide) groups is 1. The molecule has 0 amide bonds. The Morgan fingerprint density at radius 2 is 2.00 bits per heavy atom. The second-order valence-electron chi connectivity index (χ2n) is 4.79. The van der Waals surface area contributed by atoms with Crippen molar-refractivity contribution < 1.29 is 0 Å². The van der Waals surface area contributed by atoms with Gasteiger partial charge in [-0.2, -0.15) is 11.8 Å². The van der Waals surface area contributed by atoms with Gasteiger partial charge in [-0.05, 0) is 36.4 Å². The van der Waals surface area contributed by atoms with Crippen molar-refractivity contribution in [3.8, 4) is 0 Å². The fraction of sp³-hybridized carbons (Fsp3) is 0.600. The first-order chi connectivity index (χ1) is 8.90. The zero-order valence-corrected chi connectivity index (χ0v) is 12.1. The number of nitrogens with zero attached hydrogens (tertiary/aromatic N) is 1. The van der Waals surface area contributed by atoms with Gasteiger partial charge in [0.2, 0.25) is 0 Å². The normalized spacial score (nSPS) is 17.6. The highest BCUT2D eigenvalue weighted by molar-refractivity contribution is 7.99. The van der Waals surface area contributed by atoms with Gasteiger partial charge < -0.3 is 5.32 Å². The van der Waals surface area contributed by atoms with Crippen LogP contribution in [-0.2, 0) is 13.1 Å². The van der Waals surface area contributed by atoms with Crippen LogP contribution in [0.25, 0.3) is 0 Å². The highest BCUT2D eigenvalue weighted by atomic mass is 32.2. The van der Waals surface area contributed by atoms with E-state index in [1.807, 2.05) is 0 Å². The van der Waals surface area contributed by atoms with Crippen LogP contribution in [0.5, 0.6) is 0 Å². The van der Waals surface area contributed by atoms with Crippen LogP contribution in [0.3, 0.4) is 0 Å². The van der Waals surface area contributed by atoms with E-state index in [0.717, 1.165) is 19.6 Å². The lowest BCUT2D eigenvalue weighted by molar-refractivity contribution is 0.286. The van der Waals surface area contributed by atoms with Crippen molar-refractivity contribution >= 4 is 11.8 Å². The molecule has 0 saturated carbocycles. The smallest absolute Gasteiger partial charge is 0.0237 e. The molecule has 0 aromatic heterocycles. The predicted octanol–water partition coefficient (Wildman–Crippen LogP) is 2.74. The number of hydrogen-bond acceptors (Lipinski definition) is 3. The minimum absolute atomic E-state index is 0.995. The average Bonchev–Trinajstić information content (AvgIpc) is 2.66. The minimum atomic E-state index is 0.995. The van der Waals surface area contributed by atoms with Gasteiger partial charge in [0.1, 0.15) is 0 Å². The van der Waals surface area contributed by atoms with Crippen molar-refractivity contribution in [2.75, 3.05) is 31.1 Å². The summed E-state index contributed by atoms with van der Waals surface area (Å²) in [5.74, 6) is 2.62. The van der Waals surface area contributed by atoms with Crippen LogP contribution in [0, 0.1) is 0 Å².